The van der Waals surface area contributed by atoms with Gasteiger partial charge in [-0.2, -0.15) is 0 Å². The Morgan fingerprint density at radius 1 is 1.30 bits per heavy atom. The van der Waals surface area contributed by atoms with Crippen molar-refractivity contribution in [3.8, 4) is 5.75 Å². The van der Waals surface area contributed by atoms with Gasteiger partial charge in [-0.15, -0.1) is 17.0 Å². The van der Waals surface area contributed by atoms with Crippen molar-refractivity contribution in [3.63, 3.8) is 0 Å². The highest BCUT2D eigenvalue weighted by Crippen LogP contribution is 2.37. The average Bonchev–Trinajstić information content (AvgIpc) is 2.85. The highest BCUT2D eigenvalue weighted by Gasteiger charge is 2.27. The fourth-order valence-corrected chi connectivity index (χ4v) is 2.60. The molecule has 6 nitrogen and oxygen atoms in total. The molecule has 0 fully saturated rings. The molecule has 2 aromatic carbocycles. The smallest absolute Gasteiger partial charge is 0.273 e. The molecular formula is C16H16BrN3O3. The van der Waals surface area contributed by atoms with Gasteiger partial charge >= 0.3 is 0 Å². The van der Waals surface area contributed by atoms with Crippen LogP contribution in [0, 0.1) is 15.5 Å². The molecule has 0 atom stereocenters. The van der Waals surface area contributed by atoms with Gasteiger partial charge in [0.1, 0.15) is 11.6 Å². The van der Waals surface area contributed by atoms with Crippen molar-refractivity contribution in [2.45, 2.75) is 13.5 Å². The molecule has 0 amide bonds. The zero-order valence-corrected chi connectivity index (χ0v) is 14.2. The lowest BCUT2D eigenvalue weighted by atomic mass is 10.1. The Morgan fingerprint density at radius 2 is 2.04 bits per heavy atom. The summed E-state index contributed by atoms with van der Waals surface area (Å²) in [6.07, 6.45) is 0. The predicted octanol–water partition coefficient (Wildman–Crippen LogP) is 3.92. The van der Waals surface area contributed by atoms with Crippen LogP contribution in [0.3, 0.4) is 0 Å². The lowest BCUT2D eigenvalue weighted by Crippen LogP contribution is -2.23. The third-order valence-corrected chi connectivity index (χ3v) is 3.62. The van der Waals surface area contributed by atoms with E-state index in [0.29, 0.717) is 30.4 Å². The Morgan fingerprint density at radius 3 is 2.70 bits per heavy atom. The monoisotopic (exact) mass is 377 g/mol. The number of hydrogen-bond acceptors (Lipinski definition) is 4. The molecule has 1 N–H and O–H groups in total. The van der Waals surface area contributed by atoms with Crippen LogP contribution >= 0.6 is 17.0 Å². The molecule has 0 spiro atoms. The number of ether oxygens (including phenoxy) is 1. The van der Waals surface area contributed by atoms with E-state index >= 15 is 0 Å². The summed E-state index contributed by atoms with van der Waals surface area (Å²) in [5, 5.41) is 19.3. The van der Waals surface area contributed by atoms with Crippen LogP contribution in [0.15, 0.2) is 42.5 Å². The van der Waals surface area contributed by atoms with Crippen molar-refractivity contribution in [1.29, 1.82) is 5.41 Å². The highest BCUT2D eigenvalue weighted by atomic mass is 79.9. The summed E-state index contributed by atoms with van der Waals surface area (Å²) >= 11 is 0. The Balaban J connectivity index is 0.00000192. The third kappa shape index (κ3) is 3.05. The van der Waals surface area contributed by atoms with Crippen LogP contribution in [0.1, 0.15) is 18.1 Å². The summed E-state index contributed by atoms with van der Waals surface area (Å²) in [6.45, 7) is 2.79. The maximum atomic E-state index is 10.9. The van der Waals surface area contributed by atoms with E-state index in [9.17, 15) is 10.1 Å². The van der Waals surface area contributed by atoms with Gasteiger partial charge in [0.15, 0.2) is 0 Å². The van der Waals surface area contributed by atoms with E-state index < -0.39 is 4.92 Å². The van der Waals surface area contributed by atoms with Crippen molar-refractivity contribution in [2.75, 3.05) is 11.5 Å². The second kappa shape index (κ2) is 6.78. The Kier molecular flexibility index (Phi) is 5.00. The van der Waals surface area contributed by atoms with Crippen molar-refractivity contribution in [2.24, 2.45) is 0 Å². The number of benzene rings is 2. The van der Waals surface area contributed by atoms with Crippen molar-refractivity contribution < 1.29 is 9.66 Å². The van der Waals surface area contributed by atoms with E-state index in [1.54, 1.807) is 11.0 Å². The molecule has 0 radical (unpaired) electrons. The third-order valence-electron chi connectivity index (χ3n) is 3.62. The number of hydrogen-bond donors (Lipinski definition) is 1. The zero-order valence-electron chi connectivity index (χ0n) is 12.5. The van der Waals surface area contributed by atoms with E-state index in [0.717, 1.165) is 11.1 Å². The first kappa shape index (κ1) is 17.0. The van der Waals surface area contributed by atoms with Crippen LogP contribution in [0.2, 0.25) is 0 Å². The van der Waals surface area contributed by atoms with Crippen LogP contribution < -0.4 is 9.64 Å². The van der Waals surface area contributed by atoms with E-state index in [1.165, 1.54) is 12.1 Å². The van der Waals surface area contributed by atoms with Crippen LogP contribution in [-0.2, 0) is 6.54 Å². The van der Waals surface area contributed by atoms with Crippen LogP contribution in [0.4, 0.5) is 11.4 Å². The maximum Gasteiger partial charge on any atom is 0.273 e. The SMILES string of the molecule is Br.CCOc1cc([N+](=O)[O-])ccc1N1Cc2ccccc2C1=N. The van der Waals surface area contributed by atoms with Crippen LogP contribution in [-0.4, -0.2) is 17.4 Å². The van der Waals surface area contributed by atoms with Gasteiger partial charge in [0.2, 0.25) is 0 Å². The number of nitrogens with zero attached hydrogens (tertiary/aromatic N) is 2. The summed E-state index contributed by atoms with van der Waals surface area (Å²) in [5.74, 6) is 0.805. The predicted molar refractivity (Wildman–Crippen MR) is 94.0 cm³/mol. The van der Waals surface area contributed by atoms with Crippen molar-refractivity contribution >= 4 is 34.2 Å². The summed E-state index contributed by atoms with van der Waals surface area (Å²) in [5.41, 5.74) is 2.60. The van der Waals surface area contributed by atoms with Gasteiger partial charge in [0.05, 0.1) is 29.8 Å². The van der Waals surface area contributed by atoms with Crippen molar-refractivity contribution in [3.05, 3.63) is 63.7 Å². The number of nitro groups is 1. The fourth-order valence-electron chi connectivity index (χ4n) is 2.60. The molecule has 1 heterocycles. The summed E-state index contributed by atoms with van der Waals surface area (Å²) < 4.78 is 5.54. The lowest BCUT2D eigenvalue weighted by molar-refractivity contribution is -0.384. The molecule has 1 aliphatic heterocycles. The van der Waals surface area contributed by atoms with Gasteiger partial charge in [-0.05, 0) is 18.6 Å². The average molecular weight is 378 g/mol. The summed E-state index contributed by atoms with van der Waals surface area (Å²) in [4.78, 5) is 12.3. The lowest BCUT2D eigenvalue weighted by Gasteiger charge is -2.21. The Labute approximate surface area is 144 Å². The fraction of sp³-hybridized carbons (Fsp3) is 0.188. The first-order chi connectivity index (χ1) is 10.6. The summed E-state index contributed by atoms with van der Waals surface area (Å²) in [6, 6.07) is 12.2. The van der Waals surface area contributed by atoms with Crippen molar-refractivity contribution in [1.82, 2.24) is 0 Å². The van der Waals surface area contributed by atoms with Gasteiger partial charge in [-0.25, -0.2) is 0 Å². The molecule has 1 aliphatic rings. The number of amidine groups is 1. The van der Waals surface area contributed by atoms with E-state index in [2.05, 4.69) is 0 Å². The van der Waals surface area contributed by atoms with Crippen LogP contribution in [0.25, 0.3) is 0 Å². The zero-order chi connectivity index (χ0) is 15.7. The number of halogens is 1. The van der Waals surface area contributed by atoms with E-state index in [1.807, 2.05) is 31.2 Å². The normalized spacial score (nSPS) is 12.6. The first-order valence-electron chi connectivity index (χ1n) is 6.97. The van der Waals surface area contributed by atoms with Crippen LogP contribution in [0.5, 0.6) is 5.75 Å². The summed E-state index contributed by atoms with van der Waals surface area (Å²) in [7, 11) is 0. The van der Waals surface area contributed by atoms with E-state index in [-0.39, 0.29) is 22.7 Å². The minimum atomic E-state index is -0.448. The molecule has 7 heteroatoms. The van der Waals surface area contributed by atoms with Gasteiger partial charge < -0.3 is 9.64 Å². The second-order valence-corrected chi connectivity index (χ2v) is 4.93. The molecule has 3 rings (SSSR count). The maximum absolute atomic E-state index is 10.9. The number of nitrogens with one attached hydrogen (secondary N) is 1. The minimum absolute atomic E-state index is 0. The standard InChI is InChI=1S/C16H15N3O3.BrH/c1-2-22-15-9-12(19(20)21)7-8-14(15)18-10-11-5-3-4-6-13(11)16(18)17;/h3-9,17H,2,10H2,1H3;1H. The topological polar surface area (TPSA) is 79.5 Å². The Bertz CT molecular complexity index is 764. The second-order valence-electron chi connectivity index (χ2n) is 4.93. The molecule has 120 valence electrons. The molecule has 0 aromatic heterocycles. The molecule has 0 aliphatic carbocycles. The molecule has 0 saturated heterocycles. The van der Waals surface area contributed by atoms with Gasteiger partial charge in [-0.1, -0.05) is 24.3 Å². The Hall–Kier alpha value is -2.41. The molecular weight excluding hydrogens is 362 g/mol. The number of rotatable bonds is 4. The van der Waals surface area contributed by atoms with Gasteiger partial charge in [-0.3, -0.25) is 15.5 Å². The quantitative estimate of drug-likeness (QED) is 0.646. The van der Waals surface area contributed by atoms with E-state index in [4.69, 9.17) is 10.1 Å². The molecule has 0 bridgehead atoms. The molecule has 0 unspecified atom stereocenters. The van der Waals surface area contributed by atoms with Gasteiger partial charge in [0.25, 0.3) is 5.69 Å². The molecule has 0 saturated carbocycles. The number of non-ortho nitro benzene ring substituents is 1. The molecule has 2 aromatic rings. The highest BCUT2D eigenvalue weighted by molar-refractivity contribution is 8.93. The minimum Gasteiger partial charge on any atom is -0.491 e. The van der Waals surface area contributed by atoms with Gasteiger partial charge in [0, 0.05) is 11.6 Å². The molecule has 23 heavy (non-hydrogen) atoms. The number of nitro benzene ring substituents is 1. The number of anilines is 1. The number of fused-ring (bicyclic) bond motifs is 1. The largest absolute Gasteiger partial charge is 0.491 e. The first-order valence-corrected chi connectivity index (χ1v) is 6.97.